The molecule has 1 rings (SSSR count). The number of ether oxygens (including phenoxy) is 2. The quantitative estimate of drug-likeness (QED) is 0.295. The van der Waals surface area contributed by atoms with Crippen LogP contribution in [0.3, 0.4) is 0 Å². The molecule has 1 fully saturated rings. The predicted octanol–water partition coefficient (Wildman–Crippen LogP) is -0.154. The van der Waals surface area contributed by atoms with Crippen molar-refractivity contribution in [2.75, 3.05) is 13.2 Å². The van der Waals surface area contributed by atoms with E-state index in [2.05, 4.69) is 11.2 Å². The van der Waals surface area contributed by atoms with Crippen molar-refractivity contribution >= 4 is 11.9 Å². The lowest BCUT2D eigenvalue weighted by Crippen LogP contribution is -2.31. The maximum atomic E-state index is 11.3. The number of hydrogen-bond acceptors (Lipinski definition) is 4. The molecule has 0 aliphatic carbocycles. The molecule has 0 bridgehead atoms. The van der Waals surface area contributed by atoms with Gasteiger partial charge in [-0.15, -0.1) is 6.42 Å². The standard InChI is InChI=1S/C11H15NO4/c1-3-5-7-15-11(14)9-8(16-9)10(13)12-6-4-2/h2,8-9H,3,5-7H2,1H3,(H,12,13)/t8-,9-/m1/s1. The lowest BCUT2D eigenvalue weighted by Gasteiger charge is -2.00. The molecule has 2 atom stereocenters. The maximum Gasteiger partial charge on any atom is 0.338 e. The monoisotopic (exact) mass is 225 g/mol. The van der Waals surface area contributed by atoms with Crippen LogP contribution in [0.25, 0.3) is 0 Å². The highest BCUT2D eigenvalue weighted by molar-refractivity contribution is 5.92. The van der Waals surface area contributed by atoms with Crippen molar-refractivity contribution < 1.29 is 19.1 Å². The second-order valence-electron chi connectivity index (χ2n) is 3.42. The van der Waals surface area contributed by atoms with Crippen molar-refractivity contribution in [1.82, 2.24) is 5.32 Å². The summed E-state index contributed by atoms with van der Waals surface area (Å²) in [6.07, 6.45) is 5.25. The first-order chi connectivity index (χ1) is 7.70. The van der Waals surface area contributed by atoms with Crippen molar-refractivity contribution in [1.29, 1.82) is 0 Å². The van der Waals surface area contributed by atoms with Crippen LogP contribution in [0, 0.1) is 12.3 Å². The van der Waals surface area contributed by atoms with E-state index in [1.807, 2.05) is 6.92 Å². The number of nitrogens with one attached hydrogen (secondary N) is 1. The van der Waals surface area contributed by atoms with Gasteiger partial charge in [0.2, 0.25) is 0 Å². The van der Waals surface area contributed by atoms with Crippen molar-refractivity contribution in [3.8, 4) is 12.3 Å². The van der Waals surface area contributed by atoms with E-state index < -0.39 is 18.2 Å². The Hall–Kier alpha value is -1.54. The summed E-state index contributed by atoms with van der Waals surface area (Å²) < 4.78 is 9.82. The minimum Gasteiger partial charge on any atom is -0.464 e. The molecule has 0 radical (unpaired) electrons. The van der Waals surface area contributed by atoms with Crippen LogP contribution in [0.15, 0.2) is 0 Å². The average Bonchev–Trinajstić information content (AvgIpc) is 3.06. The van der Waals surface area contributed by atoms with Gasteiger partial charge in [-0.05, 0) is 6.42 Å². The number of amides is 1. The predicted molar refractivity (Wildman–Crippen MR) is 56.4 cm³/mol. The Labute approximate surface area is 94.5 Å². The Morgan fingerprint density at radius 2 is 2.25 bits per heavy atom. The average molecular weight is 225 g/mol. The number of rotatable bonds is 6. The summed E-state index contributed by atoms with van der Waals surface area (Å²) in [6.45, 7) is 2.50. The van der Waals surface area contributed by atoms with Gasteiger partial charge in [-0.3, -0.25) is 4.79 Å². The SMILES string of the molecule is C#CCNC(=O)[C@@H]1O[C@H]1C(=O)OCCCC. The smallest absolute Gasteiger partial charge is 0.338 e. The fourth-order valence-corrected chi connectivity index (χ4v) is 1.13. The van der Waals surface area contributed by atoms with E-state index in [1.54, 1.807) is 0 Å². The summed E-state index contributed by atoms with van der Waals surface area (Å²) in [4.78, 5) is 22.6. The van der Waals surface area contributed by atoms with Crippen LogP contribution in [-0.2, 0) is 19.1 Å². The highest BCUT2D eigenvalue weighted by atomic mass is 16.6. The molecule has 0 spiro atoms. The second-order valence-corrected chi connectivity index (χ2v) is 3.42. The molecule has 0 aromatic rings. The molecule has 88 valence electrons. The Morgan fingerprint density at radius 1 is 1.50 bits per heavy atom. The summed E-state index contributed by atoms with van der Waals surface area (Å²) >= 11 is 0. The molecule has 1 aliphatic rings. The third kappa shape index (κ3) is 3.55. The zero-order chi connectivity index (χ0) is 12.0. The highest BCUT2D eigenvalue weighted by Crippen LogP contribution is 2.23. The molecule has 0 aromatic carbocycles. The summed E-state index contributed by atoms with van der Waals surface area (Å²) in [7, 11) is 0. The van der Waals surface area contributed by atoms with Crippen molar-refractivity contribution in [2.24, 2.45) is 0 Å². The lowest BCUT2D eigenvalue weighted by molar-refractivity contribution is -0.145. The number of unbranched alkanes of at least 4 members (excludes halogenated alkanes) is 1. The summed E-state index contributed by atoms with van der Waals surface area (Å²) in [6, 6.07) is 0. The van der Waals surface area contributed by atoms with E-state index in [-0.39, 0.29) is 12.5 Å². The van der Waals surface area contributed by atoms with Gasteiger partial charge < -0.3 is 14.8 Å². The number of carbonyl (C=O) groups is 2. The molecule has 0 unspecified atom stereocenters. The normalized spacial score (nSPS) is 22.0. The van der Waals surface area contributed by atoms with Gasteiger partial charge in [0.1, 0.15) is 0 Å². The number of terminal acetylenes is 1. The summed E-state index contributed by atoms with van der Waals surface area (Å²) in [5, 5.41) is 2.44. The van der Waals surface area contributed by atoms with Crippen LogP contribution in [-0.4, -0.2) is 37.2 Å². The van der Waals surface area contributed by atoms with E-state index in [9.17, 15) is 9.59 Å². The maximum absolute atomic E-state index is 11.3. The van der Waals surface area contributed by atoms with Gasteiger partial charge in [0, 0.05) is 0 Å². The van der Waals surface area contributed by atoms with Gasteiger partial charge in [0.15, 0.2) is 12.2 Å². The van der Waals surface area contributed by atoms with Crippen LogP contribution in [0.2, 0.25) is 0 Å². The molecule has 5 nitrogen and oxygen atoms in total. The van der Waals surface area contributed by atoms with Gasteiger partial charge in [-0.25, -0.2) is 4.79 Å². The van der Waals surface area contributed by atoms with Crippen molar-refractivity contribution in [3.63, 3.8) is 0 Å². The summed E-state index contributed by atoms with van der Waals surface area (Å²) in [5.41, 5.74) is 0. The van der Waals surface area contributed by atoms with Gasteiger partial charge in [0.25, 0.3) is 5.91 Å². The molecule has 1 aliphatic heterocycles. The Balaban J connectivity index is 2.20. The number of epoxide rings is 1. The molecule has 1 saturated heterocycles. The second kappa shape index (κ2) is 6.13. The molecular formula is C11H15NO4. The number of esters is 1. The molecule has 16 heavy (non-hydrogen) atoms. The fourth-order valence-electron chi connectivity index (χ4n) is 1.13. The molecular weight excluding hydrogens is 210 g/mol. The van der Waals surface area contributed by atoms with E-state index >= 15 is 0 Å². The van der Waals surface area contributed by atoms with E-state index in [0.717, 1.165) is 12.8 Å². The molecule has 0 aromatic heterocycles. The Kier molecular flexibility index (Phi) is 4.80. The number of hydrogen-bond donors (Lipinski definition) is 1. The minimum atomic E-state index is -0.755. The van der Waals surface area contributed by atoms with Crippen molar-refractivity contribution in [2.45, 2.75) is 32.0 Å². The van der Waals surface area contributed by atoms with Gasteiger partial charge >= 0.3 is 5.97 Å². The van der Waals surface area contributed by atoms with E-state index in [0.29, 0.717) is 6.61 Å². The van der Waals surface area contributed by atoms with E-state index in [1.165, 1.54) is 0 Å². The lowest BCUT2D eigenvalue weighted by atomic mass is 10.3. The van der Waals surface area contributed by atoms with Crippen LogP contribution in [0.5, 0.6) is 0 Å². The molecule has 0 saturated carbocycles. The first kappa shape index (κ1) is 12.5. The molecule has 1 N–H and O–H groups in total. The molecule has 5 heteroatoms. The van der Waals surface area contributed by atoms with Crippen LogP contribution in [0.1, 0.15) is 19.8 Å². The third-order valence-corrected chi connectivity index (χ3v) is 2.09. The zero-order valence-corrected chi connectivity index (χ0v) is 9.19. The minimum absolute atomic E-state index is 0.135. The topological polar surface area (TPSA) is 67.9 Å². The summed E-state index contributed by atoms with van der Waals surface area (Å²) in [5.74, 6) is 1.42. The third-order valence-electron chi connectivity index (χ3n) is 2.09. The zero-order valence-electron chi connectivity index (χ0n) is 9.19. The van der Waals surface area contributed by atoms with E-state index in [4.69, 9.17) is 15.9 Å². The van der Waals surface area contributed by atoms with Crippen LogP contribution in [0.4, 0.5) is 0 Å². The van der Waals surface area contributed by atoms with Crippen LogP contribution >= 0.6 is 0 Å². The Bertz CT molecular complexity index is 308. The molecule has 1 heterocycles. The highest BCUT2D eigenvalue weighted by Gasteiger charge is 2.51. The first-order valence-electron chi connectivity index (χ1n) is 5.24. The number of carbonyl (C=O) groups excluding carboxylic acids is 2. The van der Waals surface area contributed by atoms with Gasteiger partial charge in [0.05, 0.1) is 13.2 Å². The van der Waals surface area contributed by atoms with Gasteiger partial charge in [-0.2, -0.15) is 0 Å². The Morgan fingerprint density at radius 3 is 2.88 bits per heavy atom. The van der Waals surface area contributed by atoms with Crippen molar-refractivity contribution in [3.05, 3.63) is 0 Å². The van der Waals surface area contributed by atoms with Crippen LogP contribution < -0.4 is 5.32 Å². The van der Waals surface area contributed by atoms with Gasteiger partial charge in [-0.1, -0.05) is 19.3 Å². The molecule has 1 amide bonds. The first-order valence-corrected chi connectivity index (χ1v) is 5.24. The largest absolute Gasteiger partial charge is 0.464 e. The fraction of sp³-hybridized carbons (Fsp3) is 0.636.